The average Bonchev–Trinajstić information content (AvgIpc) is 2.27. The highest BCUT2D eigenvalue weighted by Gasteiger charge is 2.42. The third-order valence-electron chi connectivity index (χ3n) is 4.18. The van der Waals surface area contributed by atoms with E-state index in [2.05, 4.69) is 5.32 Å². The Kier molecular flexibility index (Phi) is 3.60. The molecule has 0 aromatic heterocycles. The summed E-state index contributed by atoms with van der Waals surface area (Å²) in [5.74, 6) is -0.886. The molecule has 4 nitrogen and oxygen atoms in total. The maximum atomic E-state index is 12.3. The first-order chi connectivity index (χ1) is 8.98. The van der Waals surface area contributed by atoms with Crippen LogP contribution in [0.15, 0.2) is 18.2 Å². The number of carbonyl (C=O) groups excluding carboxylic acids is 1. The summed E-state index contributed by atoms with van der Waals surface area (Å²) in [5, 5.41) is 11.9. The fourth-order valence-electron chi connectivity index (χ4n) is 2.59. The molecule has 2 N–H and O–H groups in total. The van der Waals surface area contributed by atoms with Crippen molar-refractivity contribution in [1.82, 2.24) is 0 Å². The molecular weight excluding hydrogens is 242 g/mol. The Labute approximate surface area is 112 Å². The van der Waals surface area contributed by atoms with E-state index in [0.717, 1.165) is 25.7 Å². The molecule has 1 aromatic rings. The summed E-state index contributed by atoms with van der Waals surface area (Å²) in [6.45, 7) is 3.77. The van der Waals surface area contributed by atoms with Gasteiger partial charge in [-0.05, 0) is 49.9 Å². The summed E-state index contributed by atoms with van der Waals surface area (Å²) in [6.07, 6.45) is 3.85. The number of amides is 1. The van der Waals surface area contributed by atoms with Crippen LogP contribution in [0.25, 0.3) is 0 Å². The minimum Gasteiger partial charge on any atom is -0.478 e. The highest BCUT2D eigenvalue weighted by atomic mass is 16.4. The lowest BCUT2D eigenvalue weighted by atomic mass is 9.66. The quantitative estimate of drug-likeness (QED) is 0.874. The molecule has 0 saturated heterocycles. The summed E-state index contributed by atoms with van der Waals surface area (Å²) >= 11 is 0. The largest absolute Gasteiger partial charge is 0.478 e. The van der Waals surface area contributed by atoms with Crippen molar-refractivity contribution in [3.8, 4) is 0 Å². The van der Waals surface area contributed by atoms with Crippen molar-refractivity contribution in [1.29, 1.82) is 0 Å². The molecule has 0 bridgehead atoms. The zero-order valence-electron chi connectivity index (χ0n) is 11.3. The van der Waals surface area contributed by atoms with E-state index in [-0.39, 0.29) is 16.9 Å². The van der Waals surface area contributed by atoms with Crippen LogP contribution >= 0.6 is 0 Å². The van der Waals surface area contributed by atoms with Crippen molar-refractivity contribution in [2.24, 2.45) is 5.41 Å². The minimum absolute atomic E-state index is 0.0590. The van der Waals surface area contributed by atoms with Crippen LogP contribution in [0.4, 0.5) is 5.69 Å². The predicted molar refractivity (Wildman–Crippen MR) is 73.3 cm³/mol. The third kappa shape index (κ3) is 2.48. The number of carboxylic acid groups (broad SMARTS) is 1. The van der Waals surface area contributed by atoms with Crippen molar-refractivity contribution in [3.63, 3.8) is 0 Å². The van der Waals surface area contributed by atoms with Gasteiger partial charge < -0.3 is 10.4 Å². The molecule has 1 aromatic carbocycles. The summed E-state index contributed by atoms with van der Waals surface area (Å²) in [4.78, 5) is 23.2. The summed E-state index contributed by atoms with van der Waals surface area (Å²) in [6, 6.07) is 4.90. The van der Waals surface area contributed by atoms with Gasteiger partial charge in [-0.3, -0.25) is 4.79 Å². The van der Waals surface area contributed by atoms with E-state index in [0.29, 0.717) is 11.3 Å². The molecule has 1 aliphatic carbocycles. The van der Waals surface area contributed by atoms with Crippen molar-refractivity contribution in [2.45, 2.75) is 39.5 Å². The SMILES string of the molecule is CCC1(C(=O)Nc2ccc(C(=O)O)c(C)c2)CCC1. The first-order valence-corrected chi connectivity index (χ1v) is 6.64. The van der Waals surface area contributed by atoms with Crippen molar-refractivity contribution in [3.05, 3.63) is 29.3 Å². The Morgan fingerprint density at radius 3 is 2.47 bits per heavy atom. The standard InChI is InChI=1S/C15H19NO3/c1-3-15(7-4-8-15)14(19)16-11-5-6-12(13(17)18)10(2)9-11/h5-6,9H,3-4,7-8H2,1-2H3,(H,16,19)(H,17,18). The van der Waals surface area contributed by atoms with Crippen LogP contribution < -0.4 is 5.32 Å². The molecule has 0 unspecified atom stereocenters. The summed E-state index contributed by atoms with van der Waals surface area (Å²) < 4.78 is 0. The lowest BCUT2D eigenvalue weighted by Crippen LogP contribution is -2.41. The molecule has 1 amide bonds. The lowest BCUT2D eigenvalue weighted by molar-refractivity contribution is -0.130. The van der Waals surface area contributed by atoms with Crippen LogP contribution in [-0.4, -0.2) is 17.0 Å². The van der Waals surface area contributed by atoms with E-state index in [1.54, 1.807) is 19.1 Å². The average molecular weight is 261 g/mol. The van der Waals surface area contributed by atoms with Crippen molar-refractivity contribution < 1.29 is 14.7 Å². The second kappa shape index (κ2) is 5.03. The Hall–Kier alpha value is -1.84. The zero-order chi connectivity index (χ0) is 14.0. The van der Waals surface area contributed by atoms with Gasteiger partial charge in [0.1, 0.15) is 0 Å². The van der Waals surface area contributed by atoms with Gasteiger partial charge >= 0.3 is 5.97 Å². The van der Waals surface area contributed by atoms with Gasteiger partial charge in [0.2, 0.25) is 5.91 Å². The molecule has 0 spiro atoms. The molecule has 2 rings (SSSR count). The first-order valence-electron chi connectivity index (χ1n) is 6.64. The predicted octanol–water partition coefficient (Wildman–Crippen LogP) is 3.21. The van der Waals surface area contributed by atoms with Gasteiger partial charge in [-0.2, -0.15) is 0 Å². The number of nitrogens with one attached hydrogen (secondary N) is 1. The molecule has 0 heterocycles. The van der Waals surface area contributed by atoms with Gasteiger partial charge in [0, 0.05) is 11.1 Å². The molecule has 102 valence electrons. The first kappa shape index (κ1) is 13.6. The Morgan fingerprint density at radius 1 is 1.37 bits per heavy atom. The van der Waals surface area contributed by atoms with Crippen LogP contribution in [0.3, 0.4) is 0 Å². The van der Waals surface area contributed by atoms with E-state index < -0.39 is 5.97 Å². The molecule has 0 aliphatic heterocycles. The highest BCUT2D eigenvalue weighted by molar-refractivity contribution is 5.97. The Bertz CT molecular complexity index is 513. The molecule has 4 heteroatoms. The smallest absolute Gasteiger partial charge is 0.335 e. The molecule has 0 atom stereocenters. The van der Waals surface area contributed by atoms with Gasteiger partial charge in [0.05, 0.1) is 5.56 Å². The Morgan fingerprint density at radius 2 is 2.05 bits per heavy atom. The second-order valence-electron chi connectivity index (χ2n) is 5.28. The monoisotopic (exact) mass is 261 g/mol. The molecule has 1 fully saturated rings. The fourth-order valence-corrected chi connectivity index (χ4v) is 2.59. The molecule has 1 saturated carbocycles. The number of rotatable bonds is 4. The maximum absolute atomic E-state index is 12.3. The number of benzene rings is 1. The maximum Gasteiger partial charge on any atom is 0.335 e. The number of carbonyl (C=O) groups is 2. The van der Waals surface area contributed by atoms with Crippen LogP contribution in [0.5, 0.6) is 0 Å². The van der Waals surface area contributed by atoms with E-state index in [4.69, 9.17) is 5.11 Å². The topological polar surface area (TPSA) is 66.4 Å². The van der Waals surface area contributed by atoms with Crippen LogP contribution in [0.1, 0.15) is 48.5 Å². The van der Waals surface area contributed by atoms with Crippen LogP contribution in [0, 0.1) is 12.3 Å². The Balaban J connectivity index is 2.14. The minimum atomic E-state index is -0.945. The van der Waals surface area contributed by atoms with Gasteiger partial charge in [-0.15, -0.1) is 0 Å². The zero-order valence-corrected chi connectivity index (χ0v) is 11.3. The summed E-state index contributed by atoms with van der Waals surface area (Å²) in [5.41, 5.74) is 1.39. The van der Waals surface area contributed by atoms with E-state index in [1.165, 1.54) is 6.07 Å². The van der Waals surface area contributed by atoms with E-state index >= 15 is 0 Å². The lowest BCUT2D eigenvalue weighted by Gasteiger charge is -2.39. The van der Waals surface area contributed by atoms with Gasteiger partial charge in [0.25, 0.3) is 0 Å². The van der Waals surface area contributed by atoms with Crippen molar-refractivity contribution in [2.75, 3.05) is 5.32 Å². The van der Waals surface area contributed by atoms with Crippen LogP contribution in [-0.2, 0) is 4.79 Å². The van der Waals surface area contributed by atoms with Gasteiger partial charge in [-0.1, -0.05) is 13.3 Å². The normalized spacial score (nSPS) is 16.5. The number of aryl methyl sites for hydroxylation is 1. The van der Waals surface area contributed by atoms with E-state index in [9.17, 15) is 9.59 Å². The van der Waals surface area contributed by atoms with Crippen molar-refractivity contribution >= 4 is 17.6 Å². The number of hydrogen-bond donors (Lipinski definition) is 2. The number of aromatic carboxylic acids is 1. The molecule has 1 aliphatic rings. The third-order valence-corrected chi connectivity index (χ3v) is 4.18. The number of hydrogen-bond acceptors (Lipinski definition) is 2. The van der Waals surface area contributed by atoms with Gasteiger partial charge in [0.15, 0.2) is 0 Å². The van der Waals surface area contributed by atoms with E-state index in [1.807, 2.05) is 6.92 Å². The van der Waals surface area contributed by atoms with Crippen LogP contribution in [0.2, 0.25) is 0 Å². The molecular formula is C15H19NO3. The summed E-state index contributed by atoms with van der Waals surface area (Å²) in [7, 11) is 0. The number of carboxylic acids is 1. The fraction of sp³-hybridized carbons (Fsp3) is 0.467. The second-order valence-corrected chi connectivity index (χ2v) is 5.28. The molecule has 19 heavy (non-hydrogen) atoms. The molecule has 0 radical (unpaired) electrons. The number of anilines is 1. The highest BCUT2D eigenvalue weighted by Crippen LogP contribution is 2.44. The van der Waals surface area contributed by atoms with Gasteiger partial charge in [-0.25, -0.2) is 4.79 Å².